The number of halogens is 2. The highest BCUT2D eigenvalue weighted by Gasteiger charge is 2.19. The smallest absolute Gasteiger partial charge is 0.328 e. The Morgan fingerprint density at radius 1 is 1.45 bits per heavy atom. The first kappa shape index (κ1) is 21.8. The number of aryl methyl sites for hydroxylation is 1. The standard InChI is InChI=1S/C19H19F2N5O3/c1-26(17-6-5-14(18(20)21)15(11-27)24-17)19(28)25-16-8-12(4-3-7-29-2)13(9-22)10-23-16/h5-6,8,10-11,18H,3-4,7H2,1-2H3,(H,23,25,28). The first-order valence-electron chi connectivity index (χ1n) is 8.58. The molecule has 0 saturated carbocycles. The molecule has 0 spiro atoms. The van der Waals surface area contributed by atoms with Crippen molar-refractivity contribution in [3.8, 4) is 6.07 Å². The van der Waals surface area contributed by atoms with Crippen molar-refractivity contribution < 1.29 is 23.1 Å². The third kappa shape index (κ3) is 5.52. The number of rotatable bonds is 8. The number of aromatic nitrogens is 2. The molecule has 1 N–H and O–H groups in total. The molecule has 0 aliphatic rings. The summed E-state index contributed by atoms with van der Waals surface area (Å²) in [7, 11) is 2.95. The number of nitrogens with zero attached hydrogens (tertiary/aromatic N) is 4. The van der Waals surface area contributed by atoms with Crippen molar-refractivity contribution in [1.29, 1.82) is 5.26 Å². The molecular formula is C19H19F2N5O3. The van der Waals surface area contributed by atoms with Crippen molar-refractivity contribution in [2.45, 2.75) is 19.3 Å². The Morgan fingerprint density at radius 2 is 2.21 bits per heavy atom. The van der Waals surface area contributed by atoms with Gasteiger partial charge in [0.1, 0.15) is 23.4 Å². The van der Waals surface area contributed by atoms with Gasteiger partial charge in [-0.1, -0.05) is 0 Å². The number of anilines is 2. The Morgan fingerprint density at radius 3 is 2.83 bits per heavy atom. The first-order valence-corrected chi connectivity index (χ1v) is 8.58. The van der Waals surface area contributed by atoms with Gasteiger partial charge in [-0.15, -0.1) is 0 Å². The summed E-state index contributed by atoms with van der Waals surface area (Å²) in [4.78, 5) is 32.4. The van der Waals surface area contributed by atoms with E-state index in [1.807, 2.05) is 6.07 Å². The van der Waals surface area contributed by atoms with Crippen LogP contribution in [0.4, 0.5) is 25.2 Å². The van der Waals surface area contributed by atoms with Gasteiger partial charge in [-0.2, -0.15) is 5.26 Å². The quantitative estimate of drug-likeness (QED) is 0.535. The van der Waals surface area contributed by atoms with Crippen molar-refractivity contribution in [3.05, 3.63) is 46.8 Å². The number of hydrogen-bond donors (Lipinski definition) is 1. The monoisotopic (exact) mass is 403 g/mol. The summed E-state index contributed by atoms with van der Waals surface area (Å²) >= 11 is 0. The summed E-state index contributed by atoms with van der Waals surface area (Å²) in [5.74, 6) is 0.232. The molecule has 0 aliphatic heterocycles. The number of nitriles is 1. The van der Waals surface area contributed by atoms with E-state index in [1.165, 1.54) is 19.3 Å². The van der Waals surface area contributed by atoms with E-state index >= 15 is 0 Å². The topological polar surface area (TPSA) is 108 Å². The Labute approximate surface area is 166 Å². The second-order valence-electron chi connectivity index (χ2n) is 5.99. The fourth-order valence-corrected chi connectivity index (χ4v) is 2.52. The zero-order valence-electron chi connectivity index (χ0n) is 15.9. The van der Waals surface area contributed by atoms with Crippen LogP contribution in [-0.2, 0) is 11.2 Å². The van der Waals surface area contributed by atoms with Crippen LogP contribution < -0.4 is 10.2 Å². The van der Waals surface area contributed by atoms with Crippen LogP contribution in [-0.4, -0.2) is 43.0 Å². The molecule has 0 radical (unpaired) electrons. The molecule has 2 aromatic heterocycles. The first-order chi connectivity index (χ1) is 13.9. The van der Waals surface area contributed by atoms with E-state index in [-0.39, 0.29) is 17.9 Å². The van der Waals surface area contributed by atoms with Gasteiger partial charge in [-0.3, -0.25) is 15.0 Å². The highest BCUT2D eigenvalue weighted by molar-refractivity contribution is 6.00. The second-order valence-corrected chi connectivity index (χ2v) is 5.99. The number of alkyl halides is 2. The molecule has 10 heteroatoms. The molecule has 0 saturated heterocycles. The zero-order chi connectivity index (χ0) is 21.4. The van der Waals surface area contributed by atoms with Gasteiger partial charge in [0.25, 0.3) is 6.43 Å². The van der Waals surface area contributed by atoms with Gasteiger partial charge in [0.2, 0.25) is 0 Å². The minimum atomic E-state index is -2.85. The van der Waals surface area contributed by atoms with Crippen LogP contribution in [0.1, 0.15) is 40.0 Å². The number of ether oxygens (including phenoxy) is 1. The highest BCUT2D eigenvalue weighted by atomic mass is 19.3. The molecule has 2 amide bonds. The molecule has 2 rings (SSSR count). The normalized spacial score (nSPS) is 10.5. The van der Waals surface area contributed by atoms with Crippen molar-refractivity contribution in [2.75, 3.05) is 31.0 Å². The molecule has 8 nitrogen and oxygen atoms in total. The number of amides is 2. The van der Waals surface area contributed by atoms with Crippen LogP contribution in [0.2, 0.25) is 0 Å². The minimum Gasteiger partial charge on any atom is -0.385 e. The molecule has 0 fully saturated rings. The summed E-state index contributed by atoms with van der Waals surface area (Å²) < 4.78 is 30.7. The Bertz CT molecular complexity index is 931. The van der Waals surface area contributed by atoms with Crippen molar-refractivity contribution >= 4 is 24.0 Å². The number of nitrogens with one attached hydrogen (secondary N) is 1. The minimum absolute atomic E-state index is 0.0166. The van der Waals surface area contributed by atoms with Crippen LogP contribution in [0.3, 0.4) is 0 Å². The average Bonchev–Trinajstić information content (AvgIpc) is 2.73. The number of carbonyl (C=O) groups excluding carboxylic acids is 2. The summed E-state index contributed by atoms with van der Waals surface area (Å²) in [6.45, 7) is 0.525. The fourth-order valence-electron chi connectivity index (χ4n) is 2.52. The number of carbonyl (C=O) groups is 2. The molecule has 2 aromatic rings. The Kier molecular flexibility index (Phi) is 7.68. The largest absolute Gasteiger partial charge is 0.385 e. The maximum absolute atomic E-state index is 12.9. The number of aldehydes is 1. The van der Waals surface area contributed by atoms with Crippen molar-refractivity contribution in [2.24, 2.45) is 0 Å². The summed E-state index contributed by atoms with van der Waals surface area (Å²) in [6.07, 6.45) is -0.0205. The zero-order valence-corrected chi connectivity index (χ0v) is 15.9. The van der Waals surface area contributed by atoms with E-state index in [1.54, 1.807) is 13.2 Å². The SMILES string of the molecule is COCCCc1cc(NC(=O)N(C)c2ccc(C(F)F)c(C=O)n2)ncc1C#N. The number of hydrogen-bond acceptors (Lipinski definition) is 6. The molecule has 0 aliphatic carbocycles. The third-order valence-electron chi connectivity index (χ3n) is 4.08. The molecule has 0 bridgehead atoms. The van der Waals surface area contributed by atoms with Crippen LogP contribution >= 0.6 is 0 Å². The third-order valence-corrected chi connectivity index (χ3v) is 4.08. The van der Waals surface area contributed by atoms with Crippen molar-refractivity contribution in [1.82, 2.24) is 9.97 Å². The van der Waals surface area contributed by atoms with E-state index < -0.39 is 23.7 Å². The number of methoxy groups -OCH3 is 1. The Hall–Kier alpha value is -3.45. The second kappa shape index (κ2) is 10.2. The lowest BCUT2D eigenvalue weighted by atomic mass is 10.1. The van der Waals surface area contributed by atoms with Gasteiger partial charge in [-0.25, -0.2) is 23.5 Å². The lowest BCUT2D eigenvalue weighted by molar-refractivity contribution is 0.110. The maximum atomic E-state index is 12.9. The molecule has 0 unspecified atom stereocenters. The molecule has 0 atom stereocenters. The molecule has 29 heavy (non-hydrogen) atoms. The lowest BCUT2D eigenvalue weighted by Gasteiger charge is -2.18. The molecule has 0 aromatic carbocycles. The van der Waals surface area contributed by atoms with Gasteiger partial charge >= 0.3 is 6.03 Å². The predicted molar refractivity (Wildman–Crippen MR) is 101 cm³/mol. The average molecular weight is 403 g/mol. The van der Waals surface area contributed by atoms with E-state index in [9.17, 15) is 23.6 Å². The lowest BCUT2D eigenvalue weighted by Crippen LogP contribution is -2.32. The van der Waals surface area contributed by atoms with Gasteiger partial charge in [0.15, 0.2) is 6.29 Å². The van der Waals surface area contributed by atoms with Crippen LogP contribution in [0.25, 0.3) is 0 Å². The summed E-state index contributed by atoms with van der Waals surface area (Å²) in [5.41, 5.74) is 0.161. The summed E-state index contributed by atoms with van der Waals surface area (Å²) in [5, 5.41) is 11.7. The van der Waals surface area contributed by atoms with Gasteiger partial charge < -0.3 is 4.74 Å². The summed E-state index contributed by atoms with van der Waals surface area (Å²) in [6, 6.07) is 5.26. The van der Waals surface area contributed by atoms with Crippen LogP contribution in [0.5, 0.6) is 0 Å². The van der Waals surface area contributed by atoms with Crippen LogP contribution in [0.15, 0.2) is 24.4 Å². The molecule has 152 valence electrons. The number of urea groups is 1. The highest BCUT2D eigenvalue weighted by Crippen LogP contribution is 2.23. The molecular weight excluding hydrogens is 384 g/mol. The van der Waals surface area contributed by atoms with Crippen LogP contribution in [0, 0.1) is 11.3 Å². The van der Waals surface area contributed by atoms with Gasteiger partial charge in [0.05, 0.1) is 5.56 Å². The molecule has 2 heterocycles. The van der Waals surface area contributed by atoms with Gasteiger partial charge in [-0.05, 0) is 36.6 Å². The van der Waals surface area contributed by atoms with E-state index in [0.717, 1.165) is 11.0 Å². The van der Waals surface area contributed by atoms with E-state index in [2.05, 4.69) is 15.3 Å². The Balaban J connectivity index is 2.18. The van der Waals surface area contributed by atoms with E-state index in [0.29, 0.717) is 30.6 Å². The number of pyridine rings is 2. The maximum Gasteiger partial charge on any atom is 0.328 e. The fraction of sp³-hybridized carbons (Fsp3) is 0.316. The van der Waals surface area contributed by atoms with E-state index in [4.69, 9.17) is 4.74 Å². The van der Waals surface area contributed by atoms with Crippen molar-refractivity contribution in [3.63, 3.8) is 0 Å². The predicted octanol–water partition coefficient (Wildman–Crippen LogP) is 3.35. The van der Waals surface area contributed by atoms with Gasteiger partial charge in [0, 0.05) is 32.5 Å².